The number of Topliss-reactive ketones (excluding diaryl/α,β-unsaturated/α-hetero) is 1. The summed E-state index contributed by atoms with van der Waals surface area (Å²) < 4.78 is 2.05. The van der Waals surface area contributed by atoms with E-state index in [0.29, 0.717) is 6.54 Å². The first-order valence-corrected chi connectivity index (χ1v) is 8.32. The van der Waals surface area contributed by atoms with Crippen LogP contribution in [0.5, 0.6) is 0 Å². The molecule has 0 unspecified atom stereocenters. The van der Waals surface area contributed by atoms with Gasteiger partial charge in [-0.2, -0.15) is 4.57 Å². The minimum atomic E-state index is 0.107. The van der Waals surface area contributed by atoms with Gasteiger partial charge in [0.1, 0.15) is 0 Å². The number of carbonyl (C=O) groups is 1. The van der Waals surface area contributed by atoms with Crippen molar-refractivity contribution in [2.45, 2.75) is 6.54 Å². The Balaban J connectivity index is 1.70. The summed E-state index contributed by atoms with van der Waals surface area (Å²) in [6.07, 6.45) is 3.85. The molecule has 2 aromatic carbocycles. The highest BCUT2D eigenvalue weighted by Gasteiger charge is 2.31. The van der Waals surface area contributed by atoms with Crippen LogP contribution in [-0.4, -0.2) is 10.8 Å². The Bertz CT molecular complexity index is 1130. The molecule has 0 N–H and O–H groups in total. The van der Waals surface area contributed by atoms with E-state index < -0.39 is 0 Å². The Morgan fingerprint density at radius 2 is 1.64 bits per heavy atom. The van der Waals surface area contributed by atoms with Gasteiger partial charge < -0.3 is 0 Å². The molecule has 0 bridgehead atoms. The maximum Gasteiger partial charge on any atom is 0.227 e. The summed E-state index contributed by atoms with van der Waals surface area (Å²) in [5.41, 5.74) is 5.10. The Morgan fingerprint density at radius 1 is 0.880 bits per heavy atom. The van der Waals surface area contributed by atoms with E-state index in [1.165, 1.54) is 0 Å². The Kier molecular flexibility index (Phi) is 3.01. The zero-order valence-corrected chi connectivity index (χ0v) is 13.5. The summed E-state index contributed by atoms with van der Waals surface area (Å²) in [4.78, 5) is 17.3. The molecule has 0 atom stereocenters. The van der Waals surface area contributed by atoms with E-state index in [9.17, 15) is 4.79 Å². The number of rotatable bonds is 3. The molecule has 1 aliphatic carbocycles. The first-order valence-electron chi connectivity index (χ1n) is 8.32. The molecule has 0 amide bonds. The highest BCUT2D eigenvalue weighted by Crippen LogP contribution is 2.43. The molecule has 4 aromatic rings. The normalized spacial score (nSPS) is 11.5. The van der Waals surface area contributed by atoms with Crippen molar-refractivity contribution in [1.82, 2.24) is 4.98 Å². The SMILES string of the molecule is O=C(C[n+]1ccc2ccnc3c2c1-c1ccccc1-3)c1ccccc1. The third-order valence-electron chi connectivity index (χ3n) is 4.79. The van der Waals surface area contributed by atoms with E-state index in [2.05, 4.69) is 27.8 Å². The van der Waals surface area contributed by atoms with Crippen LogP contribution in [-0.2, 0) is 6.54 Å². The highest BCUT2D eigenvalue weighted by molar-refractivity contribution is 6.11. The maximum absolute atomic E-state index is 12.7. The van der Waals surface area contributed by atoms with Crippen molar-refractivity contribution < 1.29 is 9.36 Å². The van der Waals surface area contributed by atoms with Crippen molar-refractivity contribution in [3.63, 3.8) is 0 Å². The molecule has 2 aromatic heterocycles. The largest absolute Gasteiger partial charge is 0.287 e. The molecule has 0 saturated heterocycles. The number of hydrogen-bond donors (Lipinski definition) is 0. The summed E-state index contributed by atoms with van der Waals surface area (Å²) in [5, 5.41) is 2.28. The number of ketones is 1. The predicted octanol–water partition coefficient (Wildman–Crippen LogP) is 4.05. The molecule has 0 aliphatic heterocycles. The summed E-state index contributed by atoms with van der Waals surface area (Å²) >= 11 is 0. The van der Waals surface area contributed by atoms with Crippen molar-refractivity contribution in [2.24, 2.45) is 0 Å². The van der Waals surface area contributed by atoms with Crippen molar-refractivity contribution in [3.8, 4) is 22.5 Å². The second-order valence-corrected chi connectivity index (χ2v) is 6.25. The number of nitrogens with zero attached hydrogens (tertiary/aromatic N) is 2. The molecular formula is C22H15N2O+. The second-order valence-electron chi connectivity index (χ2n) is 6.25. The van der Waals surface area contributed by atoms with E-state index in [1.807, 2.05) is 60.9 Å². The Labute approximate surface area is 145 Å². The number of pyridine rings is 2. The number of aromatic nitrogens is 2. The van der Waals surface area contributed by atoms with Crippen LogP contribution in [0.2, 0.25) is 0 Å². The van der Waals surface area contributed by atoms with Crippen LogP contribution < -0.4 is 4.57 Å². The highest BCUT2D eigenvalue weighted by atomic mass is 16.1. The first-order chi connectivity index (χ1) is 12.3. The number of carbonyl (C=O) groups excluding carboxylic acids is 1. The zero-order chi connectivity index (χ0) is 16.8. The Morgan fingerprint density at radius 3 is 2.48 bits per heavy atom. The summed E-state index contributed by atoms with van der Waals surface area (Å²) in [6, 6.07) is 21.8. The van der Waals surface area contributed by atoms with Gasteiger partial charge in [0.15, 0.2) is 6.20 Å². The van der Waals surface area contributed by atoms with Crippen molar-refractivity contribution in [3.05, 3.63) is 84.7 Å². The van der Waals surface area contributed by atoms with Crippen molar-refractivity contribution in [1.29, 1.82) is 0 Å². The maximum atomic E-state index is 12.7. The van der Waals surface area contributed by atoms with Gasteiger partial charge in [0.05, 0.1) is 16.6 Å². The van der Waals surface area contributed by atoms with Crippen LogP contribution in [0, 0.1) is 0 Å². The fourth-order valence-corrected chi connectivity index (χ4v) is 3.64. The van der Waals surface area contributed by atoms with Crippen LogP contribution >= 0.6 is 0 Å². The van der Waals surface area contributed by atoms with Gasteiger partial charge in [-0.05, 0) is 17.5 Å². The predicted molar refractivity (Wildman–Crippen MR) is 97.1 cm³/mol. The fraction of sp³-hybridized carbons (Fsp3) is 0.0455. The molecule has 3 heteroatoms. The van der Waals surface area contributed by atoms with Crippen LogP contribution in [0.25, 0.3) is 33.3 Å². The molecule has 0 spiro atoms. The summed E-state index contributed by atoms with van der Waals surface area (Å²) in [6.45, 7) is 0.317. The molecule has 1 aliphatic rings. The average Bonchev–Trinajstić information content (AvgIpc) is 3.01. The third-order valence-corrected chi connectivity index (χ3v) is 4.79. The smallest absolute Gasteiger partial charge is 0.227 e. The standard InChI is InChI=1S/C22H15N2O/c25-19(15-6-2-1-3-7-15)14-24-13-11-16-10-12-23-21-17-8-4-5-9-18(17)22(24)20(16)21/h1-13H,14H2/q+1. The van der Waals surface area contributed by atoms with E-state index >= 15 is 0 Å². The molecule has 0 radical (unpaired) electrons. The zero-order valence-electron chi connectivity index (χ0n) is 13.5. The molecule has 0 fully saturated rings. The monoisotopic (exact) mass is 323 g/mol. The average molecular weight is 323 g/mol. The Hall–Kier alpha value is -3.33. The number of benzene rings is 2. The van der Waals surface area contributed by atoms with E-state index in [4.69, 9.17) is 0 Å². The molecule has 5 rings (SSSR count). The van der Waals surface area contributed by atoms with Crippen LogP contribution in [0.4, 0.5) is 0 Å². The number of hydrogen-bond acceptors (Lipinski definition) is 2. The molecular weight excluding hydrogens is 308 g/mol. The second kappa shape index (κ2) is 5.35. The van der Waals surface area contributed by atoms with Gasteiger partial charge in [-0.3, -0.25) is 9.78 Å². The summed E-state index contributed by atoms with van der Waals surface area (Å²) in [7, 11) is 0. The lowest BCUT2D eigenvalue weighted by Crippen LogP contribution is -2.39. The topological polar surface area (TPSA) is 33.8 Å². The lowest BCUT2D eigenvalue weighted by atomic mass is 10.1. The van der Waals surface area contributed by atoms with Gasteiger partial charge in [0.2, 0.25) is 18.0 Å². The van der Waals surface area contributed by atoms with Crippen LogP contribution in [0.3, 0.4) is 0 Å². The molecule has 0 saturated carbocycles. The van der Waals surface area contributed by atoms with Gasteiger partial charge >= 0.3 is 0 Å². The lowest BCUT2D eigenvalue weighted by molar-refractivity contribution is -0.671. The molecule has 118 valence electrons. The van der Waals surface area contributed by atoms with Gasteiger partial charge in [-0.15, -0.1) is 0 Å². The van der Waals surface area contributed by atoms with Gasteiger partial charge in [0.25, 0.3) is 0 Å². The summed E-state index contributed by atoms with van der Waals surface area (Å²) in [5.74, 6) is 0.107. The van der Waals surface area contributed by atoms with Crippen LogP contribution in [0.15, 0.2) is 79.1 Å². The minimum Gasteiger partial charge on any atom is -0.287 e. The molecule has 3 nitrogen and oxygen atoms in total. The number of fused-ring (bicyclic) bond motifs is 3. The van der Waals surface area contributed by atoms with E-state index in [1.54, 1.807) is 0 Å². The molecule has 2 heterocycles. The van der Waals surface area contributed by atoms with Crippen molar-refractivity contribution in [2.75, 3.05) is 0 Å². The molecule has 25 heavy (non-hydrogen) atoms. The van der Waals surface area contributed by atoms with E-state index in [-0.39, 0.29) is 5.78 Å². The lowest BCUT2D eigenvalue weighted by Gasteiger charge is -2.04. The fourth-order valence-electron chi connectivity index (χ4n) is 3.64. The quantitative estimate of drug-likeness (QED) is 0.371. The third kappa shape index (κ3) is 2.09. The van der Waals surface area contributed by atoms with Gasteiger partial charge in [-0.1, -0.05) is 48.5 Å². The first kappa shape index (κ1) is 14.1. The van der Waals surface area contributed by atoms with E-state index in [0.717, 1.165) is 38.9 Å². The minimum absolute atomic E-state index is 0.107. The van der Waals surface area contributed by atoms with Gasteiger partial charge in [-0.25, -0.2) is 0 Å². The van der Waals surface area contributed by atoms with Gasteiger partial charge in [0, 0.05) is 23.4 Å². The van der Waals surface area contributed by atoms with Crippen molar-refractivity contribution >= 4 is 16.6 Å². The van der Waals surface area contributed by atoms with Crippen LogP contribution in [0.1, 0.15) is 10.4 Å².